The minimum atomic E-state index is 0.391. The first-order valence-electron chi connectivity index (χ1n) is 5.50. The Balaban J connectivity index is 2.10. The van der Waals surface area contributed by atoms with E-state index in [1.165, 1.54) is 0 Å². The van der Waals surface area contributed by atoms with Crippen LogP contribution in [0.2, 0.25) is 0 Å². The molecule has 0 N–H and O–H groups in total. The number of hydrogen-bond donors (Lipinski definition) is 0. The van der Waals surface area contributed by atoms with Crippen molar-refractivity contribution < 1.29 is 4.74 Å². The Morgan fingerprint density at radius 1 is 1.29 bits per heavy atom. The number of ether oxygens (including phenoxy) is 1. The van der Waals surface area contributed by atoms with Crippen molar-refractivity contribution in [2.24, 2.45) is 0 Å². The highest BCUT2D eigenvalue weighted by molar-refractivity contribution is 7.58. The molecule has 0 aliphatic rings. The van der Waals surface area contributed by atoms with E-state index >= 15 is 0 Å². The van der Waals surface area contributed by atoms with Crippen molar-refractivity contribution in [3.63, 3.8) is 0 Å². The molecule has 1 aromatic carbocycles. The highest BCUT2D eigenvalue weighted by Crippen LogP contribution is 2.17. The Kier molecular flexibility index (Phi) is 3.58. The summed E-state index contributed by atoms with van der Waals surface area (Å²) in [4.78, 5) is 0. The fourth-order valence-corrected chi connectivity index (χ4v) is 1.88. The number of para-hydroxylation sites is 1. The zero-order valence-electron chi connectivity index (χ0n) is 9.88. The summed E-state index contributed by atoms with van der Waals surface area (Å²) in [5.74, 6) is 1.63. The Morgan fingerprint density at radius 3 is 2.76 bits per heavy atom. The maximum absolute atomic E-state index is 5.71. The normalized spacial score (nSPS) is 10.5. The smallest absolute Gasteiger partial charge is 0.169 e. The summed E-state index contributed by atoms with van der Waals surface area (Å²) in [6.45, 7) is 5.18. The van der Waals surface area contributed by atoms with Gasteiger partial charge in [-0.25, -0.2) is 0 Å². The van der Waals surface area contributed by atoms with Crippen molar-refractivity contribution >= 4 is 12.6 Å². The van der Waals surface area contributed by atoms with Gasteiger partial charge in [0.1, 0.15) is 12.4 Å². The van der Waals surface area contributed by atoms with E-state index in [-0.39, 0.29) is 0 Å². The second-order valence-electron chi connectivity index (χ2n) is 3.70. The molecule has 0 aliphatic heterocycles. The second-order valence-corrected chi connectivity index (χ2v) is 4.06. The van der Waals surface area contributed by atoms with Crippen LogP contribution in [-0.2, 0) is 25.8 Å². The maximum Gasteiger partial charge on any atom is 0.169 e. The van der Waals surface area contributed by atoms with Gasteiger partial charge < -0.3 is 21.9 Å². The van der Waals surface area contributed by atoms with Crippen molar-refractivity contribution in [1.82, 2.24) is 14.8 Å². The van der Waals surface area contributed by atoms with Crippen LogP contribution in [0.25, 0.3) is 0 Å². The van der Waals surface area contributed by atoms with E-state index < -0.39 is 0 Å². The summed E-state index contributed by atoms with van der Waals surface area (Å²) in [7, 11) is 0. The van der Waals surface area contributed by atoms with Crippen molar-refractivity contribution in [2.75, 3.05) is 0 Å². The number of rotatable bonds is 4. The molecule has 5 heteroatoms. The van der Waals surface area contributed by atoms with E-state index in [1.54, 1.807) is 0 Å². The first kappa shape index (κ1) is 11.9. The third-order valence-electron chi connectivity index (χ3n) is 2.56. The average molecular weight is 248 g/mol. The maximum atomic E-state index is 5.71. The van der Waals surface area contributed by atoms with Gasteiger partial charge in [-0.15, -0.1) is 5.10 Å². The first-order chi connectivity index (χ1) is 8.22. The van der Waals surface area contributed by atoms with Crippen LogP contribution in [0, 0.1) is 6.92 Å². The number of aromatic nitrogens is 3. The number of benzene rings is 1. The zero-order valence-corrected chi connectivity index (χ0v) is 10.7. The van der Waals surface area contributed by atoms with Crippen molar-refractivity contribution in [2.45, 2.75) is 32.2 Å². The molecule has 1 aromatic heterocycles. The van der Waals surface area contributed by atoms with Crippen LogP contribution in [-0.4, -0.2) is 14.8 Å². The zero-order chi connectivity index (χ0) is 12.3. The second kappa shape index (κ2) is 5.14. The molecule has 0 amide bonds. The fraction of sp³-hybridized carbons (Fsp3) is 0.333. The van der Waals surface area contributed by atoms with Gasteiger partial charge in [0, 0.05) is 11.7 Å². The lowest BCUT2D eigenvalue weighted by atomic mass is 10.2. The van der Waals surface area contributed by atoms with Gasteiger partial charge in [0.05, 0.1) is 0 Å². The standard InChI is InChI=1S/C12H15N3OS/c1-3-15-11(13-14-12(15)17)8-16-10-7-5-4-6-9(10)2/h4-7H,3,8H2,1-2H3,(H,14,17)/p-1. The molecule has 0 unspecified atom stereocenters. The predicted octanol–water partition coefficient (Wildman–Crippen LogP) is 2.09. The van der Waals surface area contributed by atoms with Crippen LogP contribution in [0.5, 0.6) is 5.75 Å². The lowest BCUT2D eigenvalue weighted by Gasteiger charge is -2.11. The van der Waals surface area contributed by atoms with Crippen molar-refractivity contribution in [1.29, 1.82) is 0 Å². The monoisotopic (exact) mass is 248 g/mol. The van der Waals surface area contributed by atoms with Gasteiger partial charge in [-0.2, -0.15) is 5.10 Å². The van der Waals surface area contributed by atoms with Crippen molar-refractivity contribution in [3.8, 4) is 5.75 Å². The van der Waals surface area contributed by atoms with Crippen LogP contribution in [0.4, 0.5) is 0 Å². The van der Waals surface area contributed by atoms with Crippen LogP contribution in [0.3, 0.4) is 0 Å². The molecular formula is C12H14N3OS-. The highest BCUT2D eigenvalue weighted by Gasteiger charge is 2.05. The summed E-state index contributed by atoms with van der Waals surface area (Å²) < 4.78 is 7.58. The Morgan fingerprint density at radius 2 is 2.06 bits per heavy atom. The molecule has 2 aromatic rings. The van der Waals surface area contributed by atoms with Crippen LogP contribution >= 0.6 is 0 Å². The summed E-state index contributed by atoms with van der Waals surface area (Å²) >= 11 is 5.06. The Labute approximate surface area is 106 Å². The van der Waals surface area contributed by atoms with Gasteiger partial charge in [-0.05, 0) is 25.5 Å². The summed E-state index contributed by atoms with van der Waals surface area (Å²) in [6.07, 6.45) is 0. The van der Waals surface area contributed by atoms with E-state index in [1.807, 2.05) is 42.7 Å². The molecule has 0 spiro atoms. The van der Waals surface area contributed by atoms with E-state index in [0.717, 1.165) is 23.7 Å². The predicted molar refractivity (Wildman–Crippen MR) is 66.8 cm³/mol. The molecule has 0 atom stereocenters. The summed E-state index contributed by atoms with van der Waals surface area (Å²) in [5.41, 5.74) is 1.11. The Hall–Kier alpha value is -1.62. The van der Waals surface area contributed by atoms with Crippen LogP contribution in [0.15, 0.2) is 29.4 Å². The van der Waals surface area contributed by atoms with Gasteiger partial charge in [-0.3, -0.25) is 0 Å². The van der Waals surface area contributed by atoms with Crippen LogP contribution < -0.4 is 4.74 Å². The molecule has 0 saturated carbocycles. The van der Waals surface area contributed by atoms with Gasteiger partial charge in [0.25, 0.3) is 0 Å². The lowest BCUT2D eigenvalue weighted by molar-refractivity contribution is 0.286. The van der Waals surface area contributed by atoms with Gasteiger partial charge in [0.15, 0.2) is 5.82 Å². The number of nitrogens with zero attached hydrogens (tertiary/aromatic N) is 3. The topological polar surface area (TPSA) is 39.9 Å². The number of hydrogen-bond acceptors (Lipinski definition) is 4. The largest absolute Gasteiger partial charge is 0.740 e. The number of aryl methyl sites for hydroxylation is 1. The molecule has 0 fully saturated rings. The quantitative estimate of drug-likeness (QED) is 0.777. The molecule has 0 aliphatic carbocycles. The molecule has 0 radical (unpaired) electrons. The van der Waals surface area contributed by atoms with E-state index in [9.17, 15) is 0 Å². The van der Waals surface area contributed by atoms with Crippen molar-refractivity contribution in [3.05, 3.63) is 35.7 Å². The molecule has 0 bridgehead atoms. The summed E-state index contributed by atoms with van der Waals surface area (Å²) in [5, 5.41) is 8.40. The summed E-state index contributed by atoms with van der Waals surface area (Å²) in [6, 6.07) is 7.89. The lowest BCUT2D eigenvalue weighted by Crippen LogP contribution is -2.07. The molecule has 2 rings (SSSR count). The highest BCUT2D eigenvalue weighted by atomic mass is 32.1. The molecule has 90 valence electrons. The SMILES string of the molecule is CCn1c([S-])nnc1COc1ccccc1C. The van der Waals surface area contributed by atoms with E-state index in [4.69, 9.17) is 17.4 Å². The van der Waals surface area contributed by atoms with Crippen LogP contribution in [0.1, 0.15) is 18.3 Å². The van der Waals surface area contributed by atoms with E-state index in [2.05, 4.69) is 10.2 Å². The first-order valence-corrected chi connectivity index (χ1v) is 5.90. The molecular weight excluding hydrogens is 234 g/mol. The molecule has 4 nitrogen and oxygen atoms in total. The fourth-order valence-electron chi connectivity index (χ4n) is 1.60. The minimum absolute atomic E-state index is 0.391. The molecule has 1 heterocycles. The molecule has 0 saturated heterocycles. The average Bonchev–Trinajstić information content (AvgIpc) is 2.69. The van der Waals surface area contributed by atoms with Gasteiger partial charge in [-0.1, -0.05) is 18.2 Å². The Bertz CT molecular complexity index is 510. The van der Waals surface area contributed by atoms with Gasteiger partial charge in [0.2, 0.25) is 0 Å². The third kappa shape index (κ3) is 2.55. The third-order valence-corrected chi connectivity index (χ3v) is 2.86. The van der Waals surface area contributed by atoms with E-state index in [0.29, 0.717) is 11.8 Å². The van der Waals surface area contributed by atoms with Gasteiger partial charge >= 0.3 is 0 Å². The minimum Gasteiger partial charge on any atom is -0.740 e. The molecule has 17 heavy (non-hydrogen) atoms.